The lowest BCUT2D eigenvalue weighted by Crippen LogP contribution is -2.42. The Kier molecular flexibility index (Phi) is 6.06. The summed E-state index contributed by atoms with van der Waals surface area (Å²) in [4.78, 5) is 7.15. The van der Waals surface area contributed by atoms with Crippen LogP contribution in [-0.2, 0) is 26.6 Å². The number of benzene rings is 1. The van der Waals surface area contributed by atoms with E-state index < -0.39 is 0 Å². The van der Waals surface area contributed by atoms with Crippen LogP contribution in [0, 0.1) is 0 Å². The molecule has 134 valence electrons. The lowest BCUT2D eigenvalue weighted by molar-refractivity contribution is 0.258. The Morgan fingerprint density at radius 1 is 1.20 bits per heavy atom. The minimum atomic E-state index is 0.628. The van der Waals surface area contributed by atoms with Crippen LogP contribution in [0.4, 0.5) is 0 Å². The molecule has 0 saturated carbocycles. The lowest BCUT2D eigenvalue weighted by atomic mass is 10.00. The number of aryl methyl sites for hydroxylation is 1. The molecule has 0 atom stereocenters. The Bertz CT molecular complexity index is 705. The van der Waals surface area contributed by atoms with Crippen molar-refractivity contribution in [3.8, 4) is 0 Å². The highest BCUT2D eigenvalue weighted by Gasteiger charge is 2.15. The molecule has 0 amide bonds. The highest BCUT2D eigenvalue weighted by molar-refractivity contribution is 5.79. The summed E-state index contributed by atoms with van der Waals surface area (Å²) < 4.78 is 1.86. The fourth-order valence-electron chi connectivity index (χ4n) is 3.14. The molecule has 0 unspecified atom stereocenters. The molecule has 0 fully saturated rings. The number of hydrogen-bond acceptors (Lipinski definition) is 3. The van der Waals surface area contributed by atoms with Crippen LogP contribution in [0.1, 0.15) is 23.7 Å². The Morgan fingerprint density at radius 2 is 2.04 bits per heavy atom. The van der Waals surface area contributed by atoms with Gasteiger partial charge in [0.1, 0.15) is 0 Å². The van der Waals surface area contributed by atoms with Crippen LogP contribution >= 0.6 is 0 Å². The van der Waals surface area contributed by atoms with Gasteiger partial charge in [0, 0.05) is 46.0 Å². The van der Waals surface area contributed by atoms with E-state index in [0.29, 0.717) is 6.54 Å². The van der Waals surface area contributed by atoms with Crippen LogP contribution in [-0.4, -0.2) is 46.8 Å². The van der Waals surface area contributed by atoms with Gasteiger partial charge in [0.15, 0.2) is 5.96 Å². The molecule has 25 heavy (non-hydrogen) atoms. The van der Waals surface area contributed by atoms with E-state index in [-0.39, 0.29) is 0 Å². The summed E-state index contributed by atoms with van der Waals surface area (Å²) in [6.07, 6.45) is 2.95. The smallest absolute Gasteiger partial charge is 0.191 e. The minimum absolute atomic E-state index is 0.628. The summed E-state index contributed by atoms with van der Waals surface area (Å²) in [5.41, 5.74) is 4.06. The molecule has 2 heterocycles. The van der Waals surface area contributed by atoms with Crippen LogP contribution in [0.15, 0.2) is 41.5 Å². The van der Waals surface area contributed by atoms with Crippen molar-refractivity contribution < 1.29 is 0 Å². The number of hydrogen-bond donors (Lipinski definition) is 2. The maximum Gasteiger partial charge on any atom is 0.191 e. The molecule has 1 aliphatic rings. The maximum absolute atomic E-state index is 4.65. The van der Waals surface area contributed by atoms with E-state index in [1.807, 2.05) is 17.8 Å². The maximum atomic E-state index is 4.65. The van der Waals surface area contributed by atoms with Gasteiger partial charge in [-0.15, -0.1) is 0 Å². The van der Waals surface area contributed by atoms with Gasteiger partial charge in [-0.2, -0.15) is 5.10 Å². The molecule has 6 heteroatoms. The summed E-state index contributed by atoms with van der Waals surface area (Å²) in [7, 11) is 1.94. The fraction of sp³-hybridized carbons (Fsp3) is 0.474. The average molecular weight is 340 g/mol. The Hall–Kier alpha value is -2.34. The molecule has 1 aromatic carbocycles. The molecule has 1 aliphatic heterocycles. The number of rotatable bonds is 6. The van der Waals surface area contributed by atoms with Crippen molar-refractivity contribution in [3.05, 3.63) is 53.3 Å². The van der Waals surface area contributed by atoms with Crippen LogP contribution in [0.3, 0.4) is 0 Å². The van der Waals surface area contributed by atoms with Crippen LogP contribution < -0.4 is 10.6 Å². The highest BCUT2D eigenvalue weighted by Crippen LogP contribution is 2.17. The summed E-state index contributed by atoms with van der Waals surface area (Å²) in [5, 5.41) is 10.9. The zero-order valence-electron chi connectivity index (χ0n) is 15.2. The first kappa shape index (κ1) is 17.5. The topological polar surface area (TPSA) is 57.5 Å². The summed E-state index contributed by atoms with van der Waals surface area (Å²) >= 11 is 0. The molecule has 1 aromatic heterocycles. The largest absolute Gasteiger partial charge is 0.357 e. The number of aliphatic imine (C=N–C) groups is 1. The van der Waals surface area contributed by atoms with Crippen molar-refractivity contribution in [2.75, 3.05) is 26.2 Å². The van der Waals surface area contributed by atoms with E-state index in [1.165, 1.54) is 11.1 Å². The fourth-order valence-corrected chi connectivity index (χ4v) is 3.14. The predicted octanol–water partition coefficient (Wildman–Crippen LogP) is 1.53. The van der Waals surface area contributed by atoms with Gasteiger partial charge >= 0.3 is 0 Å². The lowest BCUT2D eigenvalue weighted by Gasteiger charge is -2.28. The van der Waals surface area contributed by atoms with E-state index in [4.69, 9.17) is 0 Å². The van der Waals surface area contributed by atoms with Crippen LogP contribution in [0.25, 0.3) is 0 Å². The number of aromatic nitrogens is 2. The average Bonchev–Trinajstić information content (AvgIpc) is 3.04. The molecular weight excluding hydrogens is 312 g/mol. The van der Waals surface area contributed by atoms with E-state index >= 15 is 0 Å². The second-order valence-corrected chi connectivity index (χ2v) is 6.36. The number of nitrogens with zero attached hydrogens (tertiary/aromatic N) is 4. The quantitative estimate of drug-likeness (QED) is 0.619. The second-order valence-electron chi connectivity index (χ2n) is 6.36. The van der Waals surface area contributed by atoms with Gasteiger partial charge in [0.2, 0.25) is 0 Å². The van der Waals surface area contributed by atoms with Crippen molar-refractivity contribution >= 4 is 5.96 Å². The normalized spacial score (nSPS) is 15.0. The van der Waals surface area contributed by atoms with Crippen LogP contribution in [0.5, 0.6) is 0 Å². The van der Waals surface area contributed by atoms with Crippen molar-refractivity contribution in [2.24, 2.45) is 12.0 Å². The molecule has 2 N–H and O–H groups in total. The zero-order chi connectivity index (χ0) is 17.5. The summed E-state index contributed by atoms with van der Waals surface area (Å²) in [6, 6.07) is 10.8. The zero-order valence-corrected chi connectivity index (χ0v) is 15.2. The van der Waals surface area contributed by atoms with Gasteiger partial charge in [0.05, 0.1) is 12.2 Å². The van der Waals surface area contributed by atoms with Gasteiger partial charge in [-0.05, 0) is 30.5 Å². The summed E-state index contributed by atoms with van der Waals surface area (Å²) in [5.74, 6) is 0.862. The van der Waals surface area contributed by atoms with Crippen molar-refractivity contribution in [1.82, 2.24) is 25.3 Å². The third-order valence-corrected chi connectivity index (χ3v) is 4.60. The molecule has 0 spiro atoms. The van der Waals surface area contributed by atoms with Crippen molar-refractivity contribution in [2.45, 2.75) is 26.4 Å². The minimum Gasteiger partial charge on any atom is -0.357 e. The Balaban J connectivity index is 1.48. The standard InChI is InChI=1S/C19H28N6/c1-3-20-19(22-14-18-8-10-23-24(18)2)21-11-13-25-12-9-16-6-4-5-7-17(16)15-25/h4-8,10H,3,9,11-15H2,1-2H3,(H2,20,21,22). The molecule has 6 nitrogen and oxygen atoms in total. The van der Waals surface area contributed by atoms with Gasteiger partial charge in [-0.25, -0.2) is 4.99 Å². The molecule has 0 saturated heterocycles. The second kappa shape index (κ2) is 8.67. The van der Waals surface area contributed by atoms with Crippen molar-refractivity contribution in [1.29, 1.82) is 0 Å². The Morgan fingerprint density at radius 3 is 2.80 bits per heavy atom. The van der Waals surface area contributed by atoms with Gasteiger partial charge in [0.25, 0.3) is 0 Å². The van der Waals surface area contributed by atoms with Crippen molar-refractivity contribution in [3.63, 3.8) is 0 Å². The first-order chi connectivity index (χ1) is 12.3. The first-order valence-corrected chi connectivity index (χ1v) is 9.04. The van der Waals surface area contributed by atoms with Gasteiger partial charge in [-0.3, -0.25) is 9.58 Å². The van der Waals surface area contributed by atoms with Gasteiger partial charge < -0.3 is 10.6 Å². The highest BCUT2D eigenvalue weighted by atomic mass is 15.3. The molecule has 3 rings (SSSR count). The molecule has 2 aromatic rings. The number of nitrogens with one attached hydrogen (secondary N) is 2. The van der Waals surface area contributed by atoms with Crippen LogP contribution in [0.2, 0.25) is 0 Å². The molecule has 0 aliphatic carbocycles. The monoisotopic (exact) mass is 340 g/mol. The Labute approximate surface area is 149 Å². The SMILES string of the molecule is CCNC(=NCc1ccnn1C)NCCN1CCc2ccccc2C1. The third-order valence-electron chi connectivity index (χ3n) is 4.60. The van der Waals surface area contributed by atoms with Gasteiger partial charge in [-0.1, -0.05) is 24.3 Å². The number of fused-ring (bicyclic) bond motifs is 1. The first-order valence-electron chi connectivity index (χ1n) is 9.04. The number of guanidine groups is 1. The van der Waals surface area contributed by atoms with E-state index in [2.05, 4.69) is 56.8 Å². The van der Waals surface area contributed by atoms with E-state index in [1.54, 1.807) is 6.20 Å². The van der Waals surface area contributed by atoms with E-state index in [0.717, 1.165) is 50.8 Å². The van der Waals surface area contributed by atoms with E-state index in [9.17, 15) is 0 Å². The molecular formula is C19H28N6. The molecule has 0 radical (unpaired) electrons. The molecule has 0 bridgehead atoms. The third kappa shape index (κ3) is 4.82. The predicted molar refractivity (Wildman–Crippen MR) is 101 cm³/mol. The summed E-state index contributed by atoms with van der Waals surface area (Å²) in [6.45, 7) is 7.64.